The fourth-order valence-electron chi connectivity index (χ4n) is 1.59. The van der Waals surface area contributed by atoms with Crippen LogP contribution in [0.5, 0.6) is 5.75 Å². The summed E-state index contributed by atoms with van der Waals surface area (Å²) in [6.07, 6.45) is 3.60. The Kier molecular flexibility index (Phi) is 2.61. The molecule has 0 aliphatic heterocycles. The van der Waals surface area contributed by atoms with Gasteiger partial charge in [-0.25, -0.2) is 4.98 Å². The van der Waals surface area contributed by atoms with Crippen molar-refractivity contribution in [1.82, 2.24) is 9.55 Å². The van der Waals surface area contributed by atoms with Gasteiger partial charge in [0.2, 0.25) is 0 Å². The zero-order valence-electron chi connectivity index (χ0n) is 8.88. The van der Waals surface area contributed by atoms with Gasteiger partial charge in [0.15, 0.2) is 0 Å². The average molecular weight is 213 g/mol. The normalized spacial score (nSPS) is 10.0. The van der Waals surface area contributed by atoms with Gasteiger partial charge in [-0.2, -0.15) is 5.26 Å². The highest BCUT2D eigenvalue weighted by atomic mass is 16.3. The Bertz CT molecular complexity index is 552. The Morgan fingerprint density at radius 1 is 1.50 bits per heavy atom. The summed E-state index contributed by atoms with van der Waals surface area (Å²) in [7, 11) is 0. The first-order valence-electron chi connectivity index (χ1n) is 5.01. The van der Waals surface area contributed by atoms with E-state index in [4.69, 9.17) is 5.26 Å². The van der Waals surface area contributed by atoms with E-state index in [1.165, 1.54) is 6.07 Å². The maximum atomic E-state index is 9.41. The summed E-state index contributed by atoms with van der Waals surface area (Å²) < 4.78 is 1.98. The molecule has 0 saturated carbocycles. The van der Waals surface area contributed by atoms with E-state index in [9.17, 15) is 5.11 Å². The van der Waals surface area contributed by atoms with Gasteiger partial charge < -0.3 is 9.67 Å². The van der Waals surface area contributed by atoms with E-state index < -0.39 is 0 Å². The van der Waals surface area contributed by atoms with Crippen molar-refractivity contribution in [3.63, 3.8) is 0 Å². The van der Waals surface area contributed by atoms with E-state index in [-0.39, 0.29) is 11.3 Å². The molecule has 0 aliphatic carbocycles. The van der Waals surface area contributed by atoms with Crippen molar-refractivity contribution in [3.05, 3.63) is 36.2 Å². The highest BCUT2D eigenvalue weighted by Crippen LogP contribution is 2.24. The van der Waals surface area contributed by atoms with Gasteiger partial charge >= 0.3 is 0 Å². The lowest BCUT2D eigenvalue weighted by atomic mass is 10.1. The Morgan fingerprint density at radius 3 is 3.00 bits per heavy atom. The zero-order valence-corrected chi connectivity index (χ0v) is 8.88. The highest BCUT2D eigenvalue weighted by Gasteiger charge is 2.07. The maximum absolute atomic E-state index is 9.41. The number of aromatic hydroxyl groups is 1. The van der Waals surface area contributed by atoms with Crippen LogP contribution in [0.1, 0.15) is 12.5 Å². The molecule has 80 valence electrons. The van der Waals surface area contributed by atoms with Crippen molar-refractivity contribution in [2.45, 2.75) is 13.5 Å². The first kappa shape index (κ1) is 10.2. The molecule has 4 nitrogen and oxygen atoms in total. The minimum Gasteiger partial charge on any atom is -0.507 e. The summed E-state index contributed by atoms with van der Waals surface area (Å²) in [6, 6.07) is 6.86. The summed E-state index contributed by atoms with van der Waals surface area (Å²) in [6.45, 7) is 2.84. The van der Waals surface area contributed by atoms with Crippen LogP contribution >= 0.6 is 0 Å². The third kappa shape index (κ3) is 1.63. The molecule has 4 heteroatoms. The van der Waals surface area contributed by atoms with E-state index in [0.29, 0.717) is 0 Å². The van der Waals surface area contributed by atoms with Crippen molar-refractivity contribution in [1.29, 1.82) is 5.26 Å². The molecule has 0 radical (unpaired) electrons. The molecule has 0 fully saturated rings. The number of imidazole rings is 1. The van der Waals surface area contributed by atoms with Crippen molar-refractivity contribution in [2.75, 3.05) is 0 Å². The van der Waals surface area contributed by atoms with Gasteiger partial charge in [-0.1, -0.05) is 0 Å². The monoisotopic (exact) mass is 213 g/mol. The molecule has 1 heterocycles. The Labute approximate surface area is 93.4 Å². The Hall–Kier alpha value is -2.28. The molecule has 0 spiro atoms. The van der Waals surface area contributed by atoms with Crippen LogP contribution in [0.3, 0.4) is 0 Å². The van der Waals surface area contributed by atoms with Gasteiger partial charge in [0, 0.05) is 24.5 Å². The van der Waals surface area contributed by atoms with Crippen LogP contribution in [0.15, 0.2) is 30.6 Å². The van der Waals surface area contributed by atoms with Crippen LogP contribution in [0.25, 0.3) is 11.4 Å². The van der Waals surface area contributed by atoms with Crippen LogP contribution in [0.2, 0.25) is 0 Å². The summed E-state index contributed by atoms with van der Waals surface area (Å²) in [5, 5.41) is 18.2. The van der Waals surface area contributed by atoms with Crippen LogP contribution in [0.4, 0.5) is 0 Å². The third-order valence-electron chi connectivity index (χ3n) is 2.43. The summed E-state index contributed by atoms with van der Waals surface area (Å²) >= 11 is 0. The lowest BCUT2D eigenvalue weighted by molar-refractivity contribution is 0.473. The predicted octanol–water partition coefficient (Wildman–Crippen LogP) is 2.15. The molecule has 0 bridgehead atoms. The first-order valence-corrected chi connectivity index (χ1v) is 5.01. The van der Waals surface area contributed by atoms with E-state index in [2.05, 4.69) is 4.98 Å². The lowest BCUT2D eigenvalue weighted by Gasteiger charge is -2.05. The fraction of sp³-hybridized carbons (Fsp3) is 0.167. The second-order valence-electron chi connectivity index (χ2n) is 3.38. The molecule has 2 rings (SSSR count). The Balaban J connectivity index is 2.53. The highest BCUT2D eigenvalue weighted by molar-refractivity contribution is 5.61. The number of nitriles is 1. The number of aryl methyl sites for hydroxylation is 1. The second kappa shape index (κ2) is 4.07. The molecule has 0 atom stereocenters. The molecule has 2 aromatic rings. The predicted molar refractivity (Wildman–Crippen MR) is 59.7 cm³/mol. The molecular weight excluding hydrogens is 202 g/mol. The molecule has 16 heavy (non-hydrogen) atoms. The third-order valence-corrected chi connectivity index (χ3v) is 2.43. The van der Waals surface area contributed by atoms with Crippen molar-refractivity contribution in [3.8, 4) is 23.2 Å². The number of phenols is 1. The number of rotatable bonds is 2. The fourth-order valence-corrected chi connectivity index (χ4v) is 1.59. The maximum Gasteiger partial charge on any atom is 0.139 e. The van der Waals surface area contributed by atoms with Gasteiger partial charge in [-0.15, -0.1) is 0 Å². The van der Waals surface area contributed by atoms with Crippen molar-refractivity contribution >= 4 is 0 Å². The molecule has 0 aliphatic rings. The number of aromatic nitrogens is 2. The molecule has 1 N–H and O–H groups in total. The minimum absolute atomic E-state index is 0.000791. The Morgan fingerprint density at radius 2 is 2.31 bits per heavy atom. The van der Waals surface area contributed by atoms with Gasteiger partial charge in [-0.05, 0) is 25.1 Å². The standard InChI is InChI=1S/C12H11N3O/c1-2-15-6-5-14-12(15)9-3-4-11(16)10(7-9)8-13/h3-7,16H,2H2,1H3. The molecule has 0 saturated heterocycles. The van der Waals surface area contributed by atoms with E-state index in [1.54, 1.807) is 18.3 Å². The second-order valence-corrected chi connectivity index (χ2v) is 3.38. The molecular formula is C12H11N3O. The summed E-state index contributed by atoms with van der Waals surface area (Å²) in [4.78, 5) is 4.23. The SMILES string of the molecule is CCn1ccnc1-c1ccc(O)c(C#N)c1. The average Bonchev–Trinajstić information content (AvgIpc) is 2.78. The summed E-state index contributed by atoms with van der Waals surface area (Å²) in [5.41, 5.74) is 1.10. The zero-order chi connectivity index (χ0) is 11.5. The quantitative estimate of drug-likeness (QED) is 0.831. The molecule has 1 aromatic carbocycles. The largest absolute Gasteiger partial charge is 0.507 e. The summed E-state index contributed by atoms with van der Waals surface area (Å²) in [5.74, 6) is 0.805. The van der Waals surface area contributed by atoms with E-state index >= 15 is 0 Å². The van der Waals surface area contributed by atoms with Crippen LogP contribution < -0.4 is 0 Å². The molecule has 0 unspecified atom stereocenters. The number of hydrogen-bond acceptors (Lipinski definition) is 3. The first-order chi connectivity index (χ1) is 7.76. The van der Waals surface area contributed by atoms with Crippen LogP contribution in [-0.4, -0.2) is 14.7 Å². The van der Waals surface area contributed by atoms with Crippen LogP contribution in [0, 0.1) is 11.3 Å². The van der Waals surface area contributed by atoms with Gasteiger partial charge in [0.1, 0.15) is 17.6 Å². The van der Waals surface area contributed by atoms with E-state index in [1.807, 2.05) is 23.8 Å². The van der Waals surface area contributed by atoms with Gasteiger partial charge in [0.25, 0.3) is 0 Å². The molecule has 0 amide bonds. The number of phenolic OH excluding ortho intramolecular Hbond substituents is 1. The number of hydrogen-bond donors (Lipinski definition) is 1. The smallest absolute Gasteiger partial charge is 0.139 e. The number of nitrogens with zero attached hydrogens (tertiary/aromatic N) is 3. The van der Waals surface area contributed by atoms with E-state index in [0.717, 1.165) is 17.9 Å². The van der Waals surface area contributed by atoms with Gasteiger partial charge in [0.05, 0.1) is 5.56 Å². The number of benzene rings is 1. The van der Waals surface area contributed by atoms with Crippen molar-refractivity contribution in [2.24, 2.45) is 0 Å². The van der Waals surface area contributed by atoms with Gasteiger partial charge in [-0.3, -0.25) is 0 Å². The molecule has 1 aromatic heterocycles. The lowest BCUT2D eigenvalue weighted by Crippen LogP contribution is -1.96. The van der Waals surface area contributed by atoms with Crippen molar-refractivity contribution < 1.29 is 5.11 Å². The van der Waals surface area contributed by atoms with Crippen LogP contribution in [-0.2, 0) is 6.54 Å². The topological polar surface area (TPSA) is 61.8 Å². The minimum atomic E-state index is 0.000791.